The molecule has 0 saturated carbocycles. The fraction of sp³-hybridized carbons (Fsp3) is 0.0769. The first-order valence-electron chi connectivity index (χ1n) is 4.69. The van der Waals surface area contributed by atoms with Gasteiger partial charge in [-0.05, 0) is 18.1 Å². The van der Waals surface area contributed by atoms with E-state index in [4.69, 9.17) is 4.74 Å². The average molecular weight is 188 g/mol. The average Bonchev–Trinajstić information content (AvgIpc) is 2.26. The molecule has 0 N–H and O–H groups in total. The second-order valence-electron chi connectivity index (χ2n) is 3.40. The van der Waals surface area contributed by atoms with Gasteiger partial charge in [0.15, 0.2) is 0 Å². The second-order valence-corrected chi connectivity index (χ2v) is 3.40. The summed E-state index contributed by atoms with van der Waals surface area (Å²) in [6.07, 6.45) is 0.923. The van der Waals surface area contributed by atoms with Crippen LogP contribution in [0.2, 0.25) is 0 Å². The van der Waals surface area contributed by atoms with Crippen LogP contribution in [-0.4, -0.2) is 0 Å². The van der Waals surface area contributed by atoms with E-state index in [1.54, 1.807) is 0 Å². The molecule has 0 bridgehead atoms. The first-order chi connectivity index (χ1) is 6.93. The van der Waals surface area contributed by atoms with Gasteiger partial charge in [0.1, 0.15) is 5.75 Å². The maximum atomic E-state index is 5.75. The maximum absolute atomic E-state index is 5.75. The smallest absolute Gasteiger partial charge is 0.516 e. The number of ether oxygens (including phenoxy) is 1. The zero-order valence-electron chi connectivity index (χ0n) is 8.66. The van der Waals surface area contributed by atoms with Crippen molar-refractivity contribution in [2.24, 2.45) is 0 Å². The molecule has 0 aromatic heterocycles. The molecule has 0 atom stereocenters. The van der Waals surface area contributed by atoms with Crippen molar-refractivity contribution in [1.29, 1.82) is 0 Å². The van der Waals surface area contributed by atoms with Gasteiger partial charge in [-0.15, -0.1) is 11.6 Å². The summed E-state index contributed by atoms with van der Waals surface area (Å²) < 4.78 is 5.75. The van der Waals surface area contributed by atoms with E-state index < -0.39 is 0 Å². The maximum Gasteiger partial charge on any atom is 1.00 e. The number of fused-ring (bicyclic) bond motifs is 2. The molecule has 15 heavy (non-hydrogen) atoms. The largest absolute Gasteiger partial charge is 1.00 e. The van der Waals surface area contributed by atoms with Crippen molar-refractivity contribution in [2.75, 3.05) is 0 Å². The van der Waals surface area contributed by atoms with Crippen LogP contribution in [0.5, 0.6) is 11.5 Å². The molecule has 1 aliphatic heterocycles. The van der Waals surface area contributed by atoms with E-state index in [9.17, 15) is 0 Å². The Morgan fingerprint density at radius 2 is 1.80 bits per heavy atom. The van der Waals surface area contributed by atoms with Crippen LogP contribution < -0.4 is 23.6 Å². The van der Waals surface area contributed by atoms with Crippen molar-refractivity contribution in [3.8, 4) is 11.5 Å². The Balaban J connectivity index is 0.000000853. The molecule has 1 nitrogen and oxygen atoms in total. The van der Waals surface area contributed by atoms with Crippen molar-refractivity contribution in [3.05, 3.63) is 59.7 Å². The molecule has 0 spiro atoms. The van der Waals surface area contributed by atoms with Crippen molar-refractivity contribution in [2.45, 2.75) is 6.42 Å². The standard InChI is InChI=1S/C13H9O.Li/c1-3-7-12-10(5-1)9-11-6-2-4-8-13(11)14-12;/h1-5,7-8H,9H2;/q-1;+1. The Morgan fingerprint density at radius 1 is 1.00 bits per heavy atom. The van der Waals surface area contributed by atoms with Crippen molar-refractivity contribution >= 4 is 0 Å². The fourth-order valence-electron chi connectivity index (χ4n) is 1.75. The number of para-hydroxylation sites is 1. The molecule has 1 heterocycles. The van der Waals surface area contributed by atoms with Crippen molar-refractivity contribution in [3.63, 3.8) is 0 Å². The molecule has 1 aliphatic rings. The van der Waals surface area contributed by atoms with E-state index in [0.29, 0.717) is 0 Å². The van der Waals surface area contributed by atoms with Crippen LogP contribution >= 0.6 is 0 Å². The van der Waals surface area contributed by atoms with Gasteiger partial charge >= 0.3 is 18.9 Å². The summed E-state index contributed by atoms with van der Waals surface area (Å²) >= 11 is 0. The molecule has 0 saturated heterocycles. The number of benzene rings is 2. The van der Waals surface area contributed by atoms with Gasteiger partial charge in [0.05, 0.1) is 0 Å². The van der Waals surface area contributed by atoms with Crippen LogP contribution in [0, 0.1) is 6.07 Å². The summed E-state index contributed by atoms with van der Waals surface area (Å²) in [4.78, 5) is 0. The molecule has 0 aliphatic carbocycles. The van der Waals surface area contributed by atoms with Crippen LogP contribution in [0.4, 0.5) is 0 Å². The molecule has 0 unspecified atom stereocenters. The molecular weight excluding hydrogens is 179 g/mol. The molecule has 68 valence electrons. The fourth-order valence-corrected chi connectivity index (χ4v) is 1.75. The van der Waals surface area contributed by atoms with Crippen LogP contribution in [-0.2, 0) is 6.42 Å². The van der Waals surface area contributed by atoms with E-state index in [1.807, 2.05) is 36.4 Å². The predicted octanol–water partition coefficient (Wildman–Crippen LogP) is 0.187. The molecule has 2 aromatic carbocycles. The first kappa shape index (κ1) is 10.4. The quantitative estimate of drug-likeness (QED) is 0.361. The van der Waals surface area contributed by atoms with Crippen molar-refractivity contribution < 1.29 is 23.6 Å². The summed E-state index contributed by atoms with van der Waals surface area (Å²) in [6.45, 7) is 0. The Bertz CT molecular complexity index is 392. The third-order valence-corrected chi connectivity index (χ3v) is 2.46. The van der Waals surface area contributed by atoms with Gasteiger partial charge in [0.25, 0.3) is 0 Å². The topological polar surface area (TPSA) is 9.23 Å². The molecular formula is C13H9LiO. The summed E-state index contributed by atoms with van der Waals surface area (Å²) in [7, 11) is 0. The van der Waals surface area contributed by atoms with Gasteiger partial charge in [-0.2, -0.15) is 18.2 Å². The van der Waals surface area contributed by atoms with E-state index >= 15 is 0 Å². The summed E-state index contributed by atoms with van der Waals surface area (Å²) in [5, 5.41) is 0. The van der Waals surface area contributed by atoms with E-state index in [2.05, 4.69) is 12.1 Å². The molecule has 3 rings (SSSR count). The van der Waals surface area contributed by atoms with Gasteiger partial charge < -0.3 is 4.74 Å². The minimum absolute atomic E-state index is 0. The summed E-state index contributed by atoms with van der Waals surface area (Å²) in [6, 6.07) is 17.2. The Morgan fingerprint density at radius 3 is 2.73 bits per heavy atom. The van der Waals surface area contributed by atoms with Crippen LogP contribution in [0.25, 0.3) is 0 Å². The van der Waals surface area contributed by atoms with Crippen molar-refractivity contribution in [1.82, 2.24) is 0 Å². The van der Waals surface area contributed by atoms with Crippen LogP contribution in [0.3, 0.4) is 0 Å². The normalized spacial score (nSPS) is 11.7. The second kappa shape index (κ2) is 4.14. The van der Waals surface area contributed by atoms with Gasteiger partial charge in [-0.1, -0.05) is 18.2 Å². The van der Waals surface area contributed by atoms with E-state index in [1.165, 1.54) is 5.56 Å². The van der Waals surface area contributed by atoms with E-state index in [0.717, 1.165) is 23.5 Å². The first-order valence-corrected chi connectivity index (χ1v) is 4.69. The zero-order chi connectivity index (χ0) is 9.38. The minimum atomic E-state index is 0. The Hall–Kier alpha value is -1.16. The summed E-state index contributed by atoms with van der Waals surface area (Å²) in [5.74, 6) is 1.91. The summed E-state index contributed by atoms with van der Waals surface area (Å²) in [5.41, 5.74) is 2.38. The Kier molecular flexibility index (Phi) is 2.86. The van der Waals surface area contributed by atoms with Crippen LogP contribution in [0.15, 0.2) is 42.5 Å². The Labute approximate surface area is 101 Å². The third-order valence-electron chi connectivity index (χ3n) is 2.46. The zero-order valence-corrected chi connectivity index (χ0v) is 8.66. The SMILES string of the molecule is [Li+].[c-]1cccc2c1Cc1ccccc1O2. The molecule has 0 amide bonds. The number of rotatable bonds is 0. The number of hydrogen-bond acceptors (Lipinski definition) is 1. The third kappa shape index (κ3) is 1.81. The minimum Gasteiger partial charge on any atom is -0.516 e. The van der Waals surface area contributed by atoms with E-state index in [-0.39, 0.29) is 18.9 Å². The van der Waals surface area contributed by atoms with Gasteiger partial charge in [0.2, 0.25) is 0 Å². The predicted molar refractivity (Wildman–Crippen MR) is 54.6 cm³/mol. The monoisotopic (exact) mass is 188 g/mol. The number of hydrogen-bond donors (Lipinski definition) is 0. The van der Waals surface area contributed by atoms with Crippen LogP contribution in [0.1, 0.15) is 11.1 Å². The molecule has 2 aromatic rings. The van der Waals surface area contributed by atoms with Gasteiger partial charge in [0, 0.05) is 5.75 Å². The van der Waals surface area contributed by atoms with Gasteiger partial charge in [-0.25, -0.2) is 0 Å². The molecule has 0 radical (unpaired) electrons. The molecule has 2 heteroatoms. The molecule has 0 fully saturated rings. The van der Waals surface area contributed by atoms with Gasteiger partial charge in [-0.3, -0.25) is 0 Å².